The first-order valence-electron chi connectivity index (χ1n) is 4.22. The van der Waals surface area contributed by atoms with Gasteiger partial charge in [-0.2, -0.15) is 5.26 Å². The van der Waals surface area contributed by atoms with E-state index in [0.29, 0.717) is 10.0 Å². The lowest BCUT2D eigenvalue weighted by Crippen LogP contribution is -1.98. The molecule has 0 fully saturated rings. The minimum absolute atomic E-state index is 0.356. The standard InChI is InChI=1S/C10H6ClN3S/c11-10-2-1-9(15-10)7(5-12)8-3-4-13-6-14-8/h1-4,6-7H. The van der Waals surface area contributed by atoms with Crippen LogP contribution in [0.15, 0.2) is 30.7 Å². The lowest BCUT2D eigenvalue weighted by atomic mass is 10.1. The summed E-state index contributed by atoms with van der Waals surface area (Å²) < 4.78 is 0.680. The summed E-state index contributed by atoms with van der Waals surface area (Å²) in [6.07, 6.45) is 3.07. The second kappa shape index (κ2) is 4.39. The minimum Gasteiger partial charge on any atom is -0.245 e. The summed E-state index contributed by atoms with van der Waals surface area (Å²) in [4.78, 5) is 8.79. The molecule has 1 unspecified atom stereocenters. The molecule has 0 aliphatic heterocycles. The van der Waals surface area contributed by atoms with Crippen molar-refractivity contribution < 1.29 is 0 Å². The lowest BCUT2D eigenvalue weighted by Gasteiger charge is -2.04. The number of hydrogen-bond acceptors (Lipinski definition) is 4. The highest BCUT2D eigenvalue weighted by atomic mass is 35.5. The molecule has 3 nitrogen and oxygen atoms in total. The second-order valence-corrected chi connectivity index (χ2v) is 4.58. The number of nitriles is 1. The monoisotopic (exact) mass is 235 g/mol. The highest BCUT2D eigenvalue weighted by Gasteiger charge is 2.16. The van der Waals surface area contributed by atoms with E-state index < -0.39 is 0 Å². The zero-order valence-corrected chi connectivity index (χ0v) is 9.16. The van der Waals surface area contributed by atoms with E-state index in [4.69, 9.17) is 16.9 Å². The van der Waals surface area contributed by atoms with E-state index >= 15 is 0 Å². The Kier molecular flexibility index (Phi) is 2.95. The van der Waals surface area contributed by atoms with Gasteiger partial charge in [-0.1, -0.05) is 11.6 Å². The SMILES string of the molecule is N#CC(c1ccncn1)c1ccc(Cl)s1. The van der Waals surface area contributed by atoms with Crippen molar-refractivity contribution in [1.29, 1.82) is 5.26 Å². The molecule has 74 valence electrons. The fourth-order valence-corrected chi connectivity index (χ4v) is 2.35. The predicted molar refractivity (Wildman–Crippen MR) is 58.8 cm³/mol. The highest BCUT2D eigenvalue weighted by Crippen LogP contribution is 2.31. The van der Waals surface area contributed by atoms with Crippen molar-refractivity contribution in [2.75, 3.05) is 0 Å². The van der Waals surface area contributed by atoms with Crippen LogP contribution in [0.1, 0.15) is 16.5 Å². The van der Waals surface area contributed by atoms with Crippen LogP contribution in [-0.4, -0.2) is 9.97 Å². The van der Waals surface area contributed by atoms with Crippen molar-refractivity contribution in [3.05, 3.63) is 45.6 Å². The Morgan fingerprint density at radius 2 is 2.27 bits per heavy atom. The number of hydrogen-bond donors (Lipinski definition) is 0. The smallest absolute Gasteiger partial charge is 0.123 e. The molecule has 0 N–H and O–H groups in total. The van der Waals surface area contributed by atoms with E-state index in [1.165, 1.54) is 17.7 Å². The van der Waals surface area contributed by atoms with Crippen LogP contribution in [0.4, 0.5) is 0 Å². The summed E-state index contributed by atoms with van der Waals surface area (Å²) in [6, 6.07) is 7.58. The van der Waals surface area contributed by atoms with Crippen LogP contribution in [-0.2, 0) is 0 Å². The first-order chi connectivity index (χ1) is 7.31. The molecular weight excluding hydrogens is 230 g/mol. The molecule has 0 aliphatic carbocycles. The van der Waals surface area contributed by atoms with Crippen molar-refractivity contribution in [2.24, 2.45) is 0 Å². The fourth-order valence-electron chi connectivity index (χ4n) is 1.23. The molecule has 2 aromatic rings. The van der Waals surface area contributed by atoms with Crippen LogP contribution in [0, 0.1) is 11.3 Å². The normalized spacial score (nSPS) is 12.0. The third kappa shape index (κ3) is 2.14. The van der Waals surface area contributed by atoms with E-state index in [9.17, 15) is 0 Å². The van der Waals surface area contributed by atoms with E-state index in [1.54, 1.807) is 18.3 Å². The molecule has 15 heavy (non-hydrogen) atoms. The van der Waals surface area contributed by atoms with Gasteiger partial charge in [0, 0.05) is 11.1 Å². The van der Waals surface area contributed by atoms with E-state index in [2.05, 4.69) is 16.0 Å². The average molecular weight is 236 g/mol. The molecule has 0 spiro atoms. The zero-order valence-electron chi connectivity index (χ0n) is 7.59. The highest BCUT2D eigenvalue weighted by molar-refractivity contribution is 7.16. The van der Waals surface area contributed by atoms with Crippen molar-refractivity contribution in [1.82, 2.24) is 9.97 Å². The van der Waals surface area contributed by atoms with Gasteiger partial charge in [0.1, 0.15) is 12.2 Å². The quantitative estimate of drug-likeness (QED) is 0.804. The van der Waals surface area contributed by atoms with Crippen LogP contribution >= 0.6 is 22.9 Å². The van der Waals surface area contributed by atoms with Gasteiger partial charge in [-0.05, 0) is 18.2 Å². The Balaban J connectivity index is 2.38. The van der Waals surface area contributed by atoms with E-state index in [-0.39, 0.29) is 5.92 Å². The number of aromatic nitrogens is 2. The zero-order chi connectivity index (χ0) is 10.7. The van der Waals surface area contributed by atoms with Gasteiger partial charge in [-0.3, -0.25) is 0 Å². The first kappa shape index (κ1) is 10.1. The third-order valence-corrected chi connectivity index (χ3v) is 3.20. The molecule has 0 bridgehead atoms. The number of halogens is 1. The largest absolute Gasteiger partial charge is 0.245 e. The molecule has 0 saturated carbocycles. The summed E-state index contributed by atoms with van der Waals surface area (Å²) in [5.74, 6) is -0.356. The molecule has 5 heteroatoms. The van der Waals surface area contributed by atoms with Crippen LogP contribution in [0.2, 0.25) is 4.34 Å². The Morgan fingerprint density at radius 1 is 1.40 bits per heavy atom. The predicted octanol–water partition coefficient (Wildman–Crippen LogP) is 2.85. The topological polar surface area (TPSA) is 49.6 Å². The molecule has 0 saturated heterocycles. The maximum Gasteiger partial charge on any atom is 0.123 e. The minimum atomic E-state index is -0.356. The fraction of sp³-hybridized carbons (Fsp3) is 0.100. The van der Waals surface area contributed by atoms with Gasteiger partial charge in [0.15, 0.2) is 0 Å². The van der Waals surface area contributed by atoms with Gasteiger partial charge < -0.3 is 0 Å². The van der Waals surface area contributed by atoms with Gasteiger partial charge >= 0.3 is 0 Å². The van der Waals surface area contributed by atoms with Gasteiger partial charge in [0.2, 0.25) is 0 Å². The van der Waals surface area contributed by atoms with Gasteiger partial charge in [-0.15, -0.1) is 11.3 Å². The molecular formula is C10H6ClN3S. The Morgan fingerprint density at radius 3 is 2.80 bits per heavy atom. The maximum absolute atomic E-state index is 9.10. The molecule has 2 rings (SSSR count). The molecule has 0 amide bonds. The Bertz CT molecular complexity index is 489. The molecule has 2 heterocycles. The lowest BCUT2D eigenvalue weighted by molar-refractivity contribution is 0.960. The molecule has 0 aromatic carbocycles. The first-order valence-corrected chi connectivity index (χ1v) is 5.41. The second-order valence-electron chi connectivity index (χ2n) is 2.84. The summed E-state index contributed by atoms with van der Waals surface area (Å²) in [6.45, 7) is 0. The maximum atomic E-state index is 9.10. The van der Waals surface area contributed by atoms with E-state index in [1.807, 2.05) is 6.07 Å². The molecule has 0 aliphatic rings. The average Bonchev–Trinajstić information content (AvgIpc) is 2.68. The van der Waals surface area contributed by atoms with Crippen LogP contribution in [0.25, 0.3) is 0 Å². The van der Waals surface area contributed by atoms with Gasteiger partial charge in [0.25, 0.3) is 0 Å². The van der Waals surface area contributed by atoms with Crippen molar-refractivity contribution in [3.63, 3.8) is 0 Å². The summed E-state index contributed by atoms with van der Waals surface area (Å²) in [5.41, 5.74) is 0.700. The molecule has 1 atom stereocenters. The summed E-state index contributed by atoms with van der Waals surface area (Å²) >= 11 is 7.22. The van der Waals surface area contributed by atoms with Crippen LogP contribution in [0.3, 0.4) is 0 Å². The number of nitrogens with zero attached hydrogens (tertiary/aromatic N) is 3. The van der Waals surface area contributed by atoms with Crippen LogP contribution in [0.5, 0.6) is 0 Å². The van der Waals surface area contributed by atoms with Crippen molar-refractivity contribution in [2.45, 2.75) is 5.92 Å². The van der Waals surface area contributed by atoms with Crippen molar-refractivity contribution >= 4 is 22.9 Å². The Labute approximate surface area is 96.0 Å². The number of thiophene rings is 1. The van der Waals surface area contributed by atoms with Crippen LogP contribution < -0.4 is 0 Å². The van der Waals surface area contributed by atoms with Gasteiger partial charge in [-0.25, -0.2) is 9.97 Å². The Hall–Kier alpha value is -1.44. The third-order valence-electron chi connectivity index (χ3n) is 1.91. The number of rotatable bonds is 2. The summed E-state index contributed by atoms with van der Waals surface area (Å²) in [7, 11) is 0. The molecule has 0 radical (unpaired) electrons. The summed E-state index contributed by atoms with van der Waals surface area (Å²) in [5, 5.41) is 9.10. The molecule has 2 aromatic heterocycles. The van der Waals surface area contributed by atoms with E-state index in [0.717, 1.165) is 4.88 Å². The van der Waals surface area contributed by atoms with Gasteiger partial charge in [0.05, 0.1) is 16.1 Å². The van der Waals surface area contributed by atoms with Crippen molar-refractivity contribution in [3.8, 4) is 6.07 Å².